The molecule has 0 aliphatic carbocycles. The third kappa shape index (κ3) is 7.88. The summed E-state index contributed by atoms with van der Waals surface area (Å²) >= 11 is 0. The van der Waals surface area contributed by atoms with Crippen molar-refractivity contribution in [1.29, 1.82) is 0 Å². The van der Waals surface area contributed by atoms with E-state index < -0.39 is 5.79 Å². The highest BCUT2D eigenvalue weighted by Crippen LogP contribution is 2.01. The first-order valence-corrected chi connectivity index (χ1v) is 3.43. The lowest BCUT2D eigenvalue weighted by molar-refractivity contribution is -0.176. The summed E-state index contributed by atoms with van der Waals surface area (Å²) < 4.78 is 5.05. The van der Waals surface area contributed by atoms with E-state index in [1.165, 1.54) is 0 Å². The lowest BCUT2D eigenvalue weighted by Crippen LogP contribution is -2.28. The molecule has 0 heterocycles. The molecule has 0 saturated heterocycles. The summed E-state index contributed by atoms with van der Waals surface area (Å²) in [6.07, 6.45) is 0. The minimum Gasteiger partial charge on any atom is -0.366 e. The van der Waals surface area contributed by atoms with Crippen molar-refractivity contribution in [3.63, 3.8) is 0 Å². The van der Waals surface area contributed by atoms with Gasteiger partial charge in [0.2, 0.25) is 0 Å². The van der Waals surface area contributed by atoms with Crippen LogP contribution in [0.2, 0.25) is 0 Å². The second-order valence-corrected chi connectivity index (χ2v) is 3.10. The summed E-state index contributed by atoms with van der Waals surface area (Å²) in [6, 6.07) is 0. The zero-order valence-corrected chi connectivity index (χ0v) is 7.22. The smallest absolute Gasteiger partial charge is 0.159 e. The highest BCUT2D eigenvalue weighted by molar-refractivity contribution is 4.49. The number of hydrogen-bond acceptors (Lipinski definition) is 3. The van der Waals surface area contributed by atoms with Crippen molar-refractivity contribution in [3.8, 4) is 0 Å². The molecular weight excluding hydrogens is 130 g/mol. The van der Waals surface area contributed by atoms with Crippen molar-refractivity contribution in [2.75, 3.05) is 27.2 Å². The first kappa shape index (κ1) is 9.88. The highest BCUT2D eigenvalue weighted by Gasteiger charge is 2.11. The second-order valence-electron chi connectivity index (χ2n) is 3.10. The van der Waals surface area contributed by atoms with E-state index in [2.05, 4.69) is 0 Å². The van der Waals surface area contributed by atoms with Crippen molar-refractivity contribution < 1.29 is 9.84 Å². The predicted octanol–water partition coefficient (Wildman–Crippen LogP) is 0.293. The normalized spacial score (nSPS) is 12.6. The van der Waals surface area contributed by atoms with Gasteiger partial charge in [-0.2, -0.15) is 0 Å². The van der Waals surface area contributed by atoms with Crippen LogP contribution < -0.4 is 0 Å². The number of ether oxygens (including phenoxy) is 1. The summed E-state index contributed by atoms with van der Waals surface area (Å²) in [4.78, 5) is 2.01. The van der Waals surface area contributed by atoms with Gasteiger partial charge in [-0.1, -0.05) is 0 Å². The lowest BCUT2D eigenvalue weighted by atomic mass is 10.4. The molecule has 0 fully saturated rings. The standard InChI is InChI=1S/C7H17NO2/c1-7(2,9)10-6-5-8(3)4/h9H,5-6H2,1-4H3. The Bertz CT molecular complexity index is 86.1. The average molecular weight is 147 g/mol. The van der Waals surface area contributed by atoms with Gasteiger partial charge in [-0.05, 0) is 27.9 Å². The van der Waals surface area contributed by atoms with E-state index in [4.69, 9.17) is 9.84 Å². The highest BCUT2D eigenvalue weighted by atomic mass is 16.6. The van der Waals surface area contributed by atoms with Gasteiger partial charge < -0.3 is 14.7 Å². The molecule has 0 atom stereocenters. The van der Waals surface area contributed by atoms with Gasteiger partial charge in [0.05, 0.1) is 6.61 Å². The maximum atomic E-state index is 9.09. The van der Waals surface area contributed by atoms with Crippen molar-refractivity contribution in [2.45, 2.75) is 19.6 Å². The SMILES string of the molecule is CN(C)CCOC(C)(C)O. The minimum atomic E-state index is -0.990. The Morgan fingerprint density at radius 1 is 1.40 bits per heavy atom. The number of hydrogen-bond donors (Lipinski definition) is 1. The van der Waals surface area contributed by atoms with Crippen LogP contribution in [-0.4, -0.2) is 43.0 Å². The maximum absolute atomic E-state index is 9.09. The van der Waals surface area contributed by atoms with Crippen molar-refractivity contribution in [1.82, 2.24) is 4.90 Å². The van der Waals surface area contributed by atoms with Gasteiger partial charge in [0.15, 0.2) is 5.79 Å². The van der Waals surface area contributed by atoms with Gasteiger partial charge in [-0.25, -0.2) is 0 Å². The molecule has 0 aliphatic rings. The third-order valence-electron chi connectivity index (χ3n) is 0.994. The molecule has 0 saturated carbocycles. The van der Waals surface area contributed by atoms with Crippen LogP contribution in [0.15, 0.2) is 0 Å². The van der Waals surface area contributed by atoms with E-state index in [1.54, 1.807) is 13.8 Å². The van der Waals surface area contributed by atoms with E-state index >= 15 is 0 Å². The molecule has 0 bridgehead atoms. The monoisotopic (exact) mass is 147 g/mol. The Kier molecular flexibility index (Phi) is 3.86. The van der Waals surface area contributed by atoms with Crippen LogP contribution >= 0.6 is 0 Å². The molecule has 10 heavy (non-hydrogen) atoms. The predicted molar refractivity (Wildman–Crippen MR) is 40.8 cm³/mol. The van der Waals surface area contributed by atoms with E-state index in [9.17, 15) is 0 Å². The Labute approximate surface area is 62.6 Å². The van der Waals surface area contributed by atoms with Crippen molar-refractivity contribution in [3.05, 3.63) is 0 Å². The number of aliphatic hydroxyl groups is 1. The Balaban J connectivity index is 3.21. The third-order valence-corrected chi connectivity index (χ3v) is 0.994. The van der Waals surface area contributed by atoms with Crippen LogP contribution in [0.1, 0.15) is 13.8 Å². The van der Waals surface area contributed by atoms with E-state index in [0.29, 0.717) is 6.61 Å². The van der Waals surface area contributed by atoms with E-state index in [1.807, 2.05) is 19.0 Å². The first-order chi connectivity index (χ1) is 4.42. The average Bonchev–Trinajstić information content (AvgIpc) is 1.59. The number of nitrogens with zero attached hydrogens (tertiary/aromatic N) is 1. The molecular formula is C7H17NO2. The molecule has 0 rings (SSSR count). The Morgan fingerprint density at radius 2 is 1.90 bits per heavy atom. The molecule has 0 aromatic rings. The molecule has 0 amide bonds. The Morgan fingerprint density at radius 3 is 2.20 bits per heavy atom. The maximum Gasteiger partial charge on any atom is 0.159 e. The molecule has 0 aliphatic heterocycles. The van der Waals surface area contributed by atoms with Crippen LogP contribution in [0.25, 0.3) is 0 Å². The summed E-state index contributed by atoms with van der Waals surface area (Å²) in [5.74, 6) is -0.990. The fourth-order valence-corrected chi connectivity index (χ4v) is 0.478. The molecule has 0 aromatic heterocycles. The molecule has 0 spiro atoms. The van der Waals surface area contributed by atoms with Crippen LogP contribution in [0.5, 0.6) is 0 Å². The van der Waals surface area contributed by atoms with Gasteiger partial charge in [0.1, 0.15) is 0 Å². The summed E-state index contributed by atoms with van der Waals surface area (Å²) in [7, 11) is 3.93. The van der Waals surface area contributed by atoms with Crippen molar-refractivity contribution >= 4 is 0 Å². The second kappa shape index (κ2) is 3.91. The van der Waals surface area contributed by atoms with E-state index in [-0.39, 0.29) is 0 Å². The molecule has 62 valence electrons. The number of rotatable bonds is 4. The van der Waals surface area contributed by atoms with Gasteiger partial charge in [0.25, 0.3) is 0 Å². The molecule has 0 radical (unpaired) electrons. The van der Waals surface area contributed by atoms with E-state index in [0.717, 1.165) is 6.54 Å². The summed E-state index contributed by atoms with van der Waals surface area (Å²) in [6.45, 7) is 4.66. The fraction of sp³-hybridized carbons (Fsp3) is 1.00. The minimum absolute atomic E-state index is 0.566. The largest absolute Gasteiger partial charge is 0.366 e. The van der Waals surface area contributed by atoms with Crippen LogP contribution in [0.4, 0.5) is 0 Å². The first-order valence-electron chi connectivity index (χ1n) is 3.43. The molecule has 3 nitrogen and oxygen atoms in total. The lowest BCUT2D eigenvalue weighted by Gasteiger charge is -2.19. The summed E-state index contributed by atoms with van der Waals surface area (Å²) in [5, 5.41) is 9.09. The van der Waals surface area contributed by atoms with Gasteiger partial charge >= 0.3 is 0 Å². The number of likely N-dealkylation sites (N-methyl/N-ethyl adjacent to an activating group) is 1. The summed E-state index contributed by atoms with van der Waals surface area (Å²) in [5.41, 5.74) is 0. The fourth-order valence-electron chi connectivity index (χ4n) is 0.478. The Hall–Kier alpha value is -0.120. The molecule has 1 N–H and O–H groups in total. The van der Waals surface area contributed by atoms with Crippen molar-refractivity contribution in [2.24, 2.45) is 0 Å². The molecule has 0 aromatic carbocycles. The zero-order chi connectivity index (χ0) is 8.20. The van der Waals surface area contributed by atoms with Crippen LogP contribution in [-0.2, 0) is 4.74 Å². The molecule has 3 heteroatoms. The quantitative estimate of drug-likeness (QED) is 0.580. The van der Waals surface area contributed by atoms with Gasteiger partial charge in [-0.3, -0.25) is 0 Å². The zero-order valence-electron chi connectivity index (χ0n) is 7.22. The molecule has 0 unspecified atom stereocenters. The van der Waals surface area contributed by atoms with Gasteiger partial charge in [0, 0.05) is 6.54 Å². The topological polar surface area (TPSA) is 32.7 Å². The van der Waals surface area contributed by atoms with Crippen LogP contribution in [0.3, 0.4) is 0 Å². The van der Waals surface area contributed by atoms with Gasteiger partial charge in [-0.15, -0.1) is 0 Å². The van der Waals surface area contributed by atoms with Crippen LogP contribution in [0, 0.1) is 0 Å².